The van der Waals surface area contributed by atoms with Gasteiger partial charge in [-0.15, -0.1) is 0 Å². The number of aliphatic hydroxyl groups is 1. The van der Waals surface area contributed by atoms with Crippen molar-refractivity contribution in [3.05, 3.63) is 41.0 Å². The minimum atomic E-state index is -0.264. The Hall–Kier alpha value is -1.55. The molecule has 0 aliphatic heterocycles. The van der Waals surface area contributed by atoms with Crippen LogP contribution in [-0.2, 0) is 26.4 Å². The number of fused-ring (bicyclic) bond motifs is 1. The summed E-state index contributed by atoms with van der Waals surface area (Å²) in [5, 5.41) is 14.3. The summed E-state index contributed by atoms with van der Waals surface area (Å²) in [6.07, 6.45) is 5.64. The highest BCUT2D eigenvalue weighted by atomic mass is 16.3. The van der Waals surface area contributed by atoms with Gasteiger partial charge in [-0.1, -0.05) is 0 Å². The molecule has 0 aromatic carbocycles. The van der Waals surface area contributed by atoms with E-state index < -0.39 is 0 Å². The smallest absolute Gasteiger partial charge is 0.0807 e. The second-order valence-corrected chi connectivity index (χ2v) is 5.44. The van der Waals surface area contributed by atoms with Crippen LogP contribution in [0.3, 0.4) is 0 Å². The first-order chi connectivity index (χ1) is 9.16. The van der Waals surface area contributed by atoms with E-state index in [-0.39, 0.29) is 6.10 Å². The van der Waals surface area contributed by atoms with Crippen molar-refractivity contribution < 1.29 is 5.11 Å². The van der Waals surface area contributed by atoms with E-state index >= 15 is 0 Å². The molecule has 4 nitrogen and oxygen atoms in total. The van der Waals surface area contributed by atoms with Gasteiger partial charge in [0, 0.05) is 48.9 Å². The van der Waals surface area contributed by atoms with Crippen LogP contribution in [0.2, 0.25) is 0 Å². The summed E-state index contributed by atoms with van der Waals surface area (Å²) in [6.45, 7) is 3.10. The molecule has 3 rings (SSSR count). The SMILES string of the molecule is Cc1cc2c(n1CCc1ccnn1C)CCCC2O. The number of aryl methyl sites for hydroxylation is 3. The maximum Gasteiger partial charge on any atom is 0.0807 e. The van der Waals surface area contributed by atoms with Crippen LogP contribution < -0.4 is 0 Å². The number of hydrogen-bond donors (Lipinski definition) is 1. The molecule has 1 aliphatic carbocycles. The van der Waals surface area contributed by atoms with Gasteiger partial charge in [-0.25, -0.2) is 0 Å². The number of aliphatic hydroxyl groups excluding tert-OH is 1. The maximum atomic E-state index is 10.1. The normalized spacial score (nSPS) is 18.6. The van der Waals surface area contributed by atoms with E-state index in [0.29, 0.717) is 0 Å². The quantitative estimate of drug-likeness (QED) is 0.917. The topological polar surface area (TPSA) is 43.0 Å². The fourth-order valence-corrected chi connectivity index (χ4v) is 3.13. The van der Waals surface area contributed by atoms with Gasteiger partial charge in [0.05, 0.1) is 6.10 Å². The summed E-state index contributed by atoms with van der Waals surface area (Å²) >= 11 is 0. The zero-order valence-corrected chi connectivity index (χ0v) is 11.6. The van der Waals surface area contributed by atoms with Crippen LogP contribution in [0.4, 0.5) is 0 Å². The van der Waals surface area contributed by atoms with Crippen LogP contribution in [0.25, 0.3) is 0 Å². The molecule has 102 valence electrons. The summed E-state index contributed by atoms with van der Waals surface area (Å²) in [5.41, 5.74) is 4.98. The summed E-state index contributed by atoms with van der Waals surface area (Å²) in [7, 11) is 1.98. The Morgan fingerprint density at radius 2 is 2.32 bits per heavy atom. The fourth-order valence-electron chi connectivity index (χ4n) is 3.13. The van der Waals surface area contributed by atoms with Crippen molar-refractivity contribution in [1.82, 2.24) is 14.3 Å². The Balaban J connectivity index is 1.83. The highest BCUT2D eigenvalue weighted by Gasteiger charge is 2.22. The molecule has 1 aliphatic rings. The highest BCUT2D eigenvalue weighted by Crippen LogP contribution is 2.32. The lowest BCUT2D eigenvalue weighted by molar-refractivity contribution is 0.155. The van der Waals surface area contributed by atoms with Crippen LogP contribution >= 0.6 is 0 Å². The third-order valence-corrected chi connectivity index (χ3v) is 4.21. The van der Waals surface area contributed by atoms with E-state index in [1.54, 1.807) is 0 Å². The molecule has 0 radical (unpaired) electrons. The largest absolute Gasteiger partial charge is 0.388 e. The van der Waals surface area contributed by atoms with E-state index in [0.717, 1.165) is 37.8 Å². The van der Waals surface area contributed by atoms with E-state index in [2.05, 4.69) is 28.7 Å². The third-order valence-electron chi connectivity index (χ3n) is 4.21. The third kappa shape index (κ3) is 2.21. The van der Waals surface area contributed by atoms with Crippen molar-refractivity contribution in [2.45, 2.75) is 45.3 Å². The molecule has 2 heterocycles. The molecule has 0 saturated carbocycles. The summed E-state index contributed by atoms with van der Waals surface area (Å²) in [5.74, 6) is 0. The number of aromatic nitrogens is 3. The summed E-state index contributed by atoms with van der Waals surface area (Å²) < 4.78 is 4.30. The van der Waals surface area contributed by atoms with Gasteiger partial charge >= 0.3 is 0 Å². The van der Waals surface area contributed by atoms with Crippen molar-refractivity contribution in [2.75, 3.05) is 0 Å². The minimum absolute atomic E-state index is 0.264. The molecule has 1 unspecified atom stereocenters. The molecule has 1 N–H and O–H groups in total. The first kappa shape index (κ1) is 12.5. The predicted octanol–water partition coefficient (Wildman–Crippen LogP) is 2.14. The van der Waals surface area contributed by atoms with Gasteiger partial charge in [0.2, 0.25) is 0 Å². The average molecular weight is 259 g/mol. The Kier molecular flexibility index (Phi) is 3.19. The van der Waals surface area contributed by atoms with Gasteiger partial charge in [-0.3, -0.25) is 4.68 Å². The lowest BCUT2D eigenvalue weighted by Crippen LogP contribution is -2.14. The van der Waals surface area contributed by atoms with Gasteiger partial charge in [0.1, 0.15) is 0 Å². The van der Waals surface area contributed by atoms with E-state index in [4.69, 9.17) is 0 Å². The van der Waals surface area contributed by atoms with Crippen molar-refractivity contribution in [1.29, 1.82) is 0 Å². The molecular weight excluding hydrogens is 238 g/mol. The molecule has 0 amide bonds. The number of hydrogen-bond acceptors (Lipinski definition) is 2. The van der Waals surface area contributed by atoms with Gasteiger partial charge in [0.15, 0.2) is 0 Å². The van der Waals surface area contributed by atoms with Crippen molar-refractivity contribution in [3.8, 4) is 0 Å². The Morgan fingerprint density at radius 1 is 1.47 bits per heavy atom. The van der Waals surface area contributed by atoms with Gasteiger partial charge in [-0.2, -0.15) is 5.10 Å². The molecule has 2 aromatic heterocycles. The van der Waals surface area contributed by atoms with Crippen LogP contribution in [0.15, 0.2) is 18.3 Å². The van der Waals surface area contributed by atoms with Crippen LogP contribution in [-0.4, -0.2) is 19.5 Å². The first-order valence-electron chi connectivity index (χ1n) is 7.00. The van der Waals surface area contributed by atoms with Gasteiger partial charge in [-0.05, 0) is 38.3 Å². The lowest BCUT2D eigenvalue weighted by atomic mass is 9.95. The number of nitrogens with zero attached hydrogens (tertiary/aromatic N) is 3. The van der Waals surface area contributed by atoms with Crippen LogP contribution in [0, 0.1) is 6.92 Å². The number of rotatable bonds is 3. The second-order valence-electron chi connectivity index (χ2n) is 5.44. The molecule has 4 heteroatoms. The van der Waals surface area contributed by atoms with Crippen LogP contribution in [0.1, 0.15) is 41.6 Å². The van der Waals surface area contributed by atoms with Crippen molar-refractivity contribution >= 4 is 0 Å². The summed E-state index contributed by atoms with van der Waals surface area (Å²) in [6, 6.07) is 4.22. The average Bonchev–Trinajstić information content (AvgIpc) is 2.92. The molecule has 0 bridgehead atoms. The standard InChI is InChI=1S/C15H21N3O/c1-11-10-13-14(4-3-5-15(13)19)18(11)9-7-12-6-8-16-17(12)2/h6,8,10,15,19H,3-5,7,9H2,1-2H3. The molecule has 0 spiro atoms. The van der Waals surface area contributed by atoms with Crippen molar-refractivity contribution in [3.63, 3.8) is 0 Å². The molecule has 19 heavy (non-hydrogen) atoms. The van der Waals surface area contributed by atoms with Gasteiger partial charge in [0.25, 0.3) is 0 Å². The molecule has 0 saturated heterocycles. The second kappa shape index (κ2) is 4.85. The Labute approximate surface area is 113 Å². The fraction of sp³-hybridized carbons (Fsp3) is 0.533. The Bertz CT molecular complexity index is 582. The first-order valence-corrected chi connectivity index (χ1v) is 7.00. The lowest BCUT2D eigenvalue weighted by Gasteiger charge is -2.20. The predicted molar refractivity (Wildman–Crippen MR) is 74.0 cm³/mol. The highest BCUT2D eigenvalue weighted by molar-refractivity contribution is 5.31. The zero-order valence-electron chi connectivity index (χ0n) is 11.6. The molecule has 0 fully saturated rings. The zero-order chi connectivity index (χ0) is 13.4. The van der Waals surface area contributed by atoms with E-state index in [9.17, 15) is 5.11 Å². The monoisotopic (exact) mass is 259 g/mol. The molecule has 2 aromatic rings. The van der Waals surface area contributed by atoms with E-state index in [1.165, 1.54) is 17.1 Å². The Morgan fingerprint density at radius 3 is 3.05 bits per heavy atom. The molecular formula is C15H21N3O. The minimum Gasteiger partial charge on any atom is -0.388 e. The van der Waals surface area contributed by atoms with Crippen molar-refractivity contribution in [2.24, 2.45) is 7.05 Å². The maximum absolute atomic E-state index is 10.1. The van der Waals surface area contributed by atoms with Crippen LogP contribution in [0.5, 0.6) is 0 Å². The summed E-state index contributed by atoms with van der Waals surface area (Å²) in [4.78, 5) is 0. The molecule has 1 atom stereocenters. The van der Waals surface area contributed by atoms with E-state index in [1.807, 2.05) is 17.9 Å². The van der Waals surface area contributed by atoms with Gasteiger partial charge < -0.3 is 9.67 Å².